The fourth-order valence-corrected chi connectivity index (χ4v) is 4.42. The smallest absolute Gasteiger partial charge is 0.275 e. The van der Waals surface area contributed by atoms with Crippen LogP contribution in [-0.2, 0) is 17.8 Å². The lowest BCUT2D eigenvalue weighted by molar-refractivity contribution is -0.118. The van der Waals surface area contributed by atoms with Crippen molar-refractivity contribution in [2.75, 3.05) is 11.9 Å². The molecule has 0 aliphatic rings. The summed E-state index contributed by atoms with van der Waals surface area (Å²) in [6, 6.07) is 15.3. The quantitative estimate of drug-likeness (QED) is 0.362. The molecule has 34 heavy (non-hydrogen) atoms. The van der Waals surface area contributed by atoms with Crippen molar-refractivity contribution in [3.63, 3.8) is 0 Å². The first-order chi connectivity index (χ1) is 16.4. The number of benzene rings is 2. The Balaban J connectivity index is 1.32. The van der Waals surface area contributed by atoms with Gasteiger partial charge >= 0.3 is 0 Å². The standard InChI is InChI=1S/C24H23ClN4O4S/c1-15(2)11-22-28-29-23(31)12-17(27-24(29)34-22)13-32-18-9-7-16(8-10-18)26-21(30)14-33-20-6-4-3-5-19(20)25/h3-10,12,15H,11,13-14H2,1-2H3,(H,26,30). The molecule has 0 bridgehead atoms. The fraction of sp³-hybridized carbons (Fsp3) is 0.250. The molecular formula is C24H23ClN4O4S. The second-order valence-corrected chi connectivity index (χ2v) is 9.40. The number of carbonyl (C=O) groups is 1. The zero-order chi connectivity index (χ0) is 24.1. The molecule has 2 aromatic heterocycles. The normalized spacial score (nSPS) is 11.1. The molecule has 0 unspecified atom stereocenters. The lowest BCUT2D eigenvalue weighted by atomic mass is 10.1. The molecule has 0 fully saturated rings. The molecule has 1 amide bonds. The Hall–Kier alpha value is -3.43. The van der Waals surface area contributed by atoms with E-state index >= 15 is 0 Å². The van der Waals surface area contributed by atoms with Crippen LogP contribution in [0.1, 0.15) is 24.5 Å². The van der Waals surface area contributed by atoms with Gasteiger partial charge in [0.2, 0.25) is 4.96 Å². The summed E-state index contributed by atoms with van der Waals surface area (Å²) >= 11 is 7.43. The van der Waals surface area contributed by atoms with Crippen molar-refractivity contribution in [2.45, 2.75) is 26.9 Å². The van der Waals surface area contributed by atoms with E-state index in [-0.39, 0.29) is 24.7 Å². The highest BCUT2D eigenvalue weighted by Gasteiger charge is 2.11. The zero-order valence-electron chi connectivity index (χ0n) is 18.7. The number of fused-ring (bicyclic) bond motifs is 1. The average Bonchev–Trinajstić information content (AvgIpc) is 3.20. The monoisotopic (exact) mass is 498 g/mol. The van der Waals surface area contributed by atoms with Gasteiger partial charge in [-0.25, -0.2) is 4.98 Å². The van der Waals surface area contributed by atoms with E-state index in [1.165, 1.54) is 21.9 Å². The zero-order valence-corrected chi connectivity index (χ0v) is 20.2. The fourth-order valence-electron chi connectivity index (χ4n) is 3.10. The minimum absolute atomic E-state index is 0.139. The third kappa shape index (κ3) is 6.12. The molecule has 10 heteroatoms. The van der Waals surface area contributed by atoms with Crippen LogP contribution in [0.2, 0.25) is 5.02 Å². The Bertz CT molecular complexity index is 1350. The number of hydrogen-bond acceptors (Lipinski definition) is 7. The third-order valence-corrected chi connectivity index (χ3v) is 5.89. The van der Waals surface area contributed by atoms with Gasteiger partial charge in [-0.3, -0.25) is 9.59 Å². The number of aromatic nitrogens is 3. The molecule has 0 aliphatic heterocycles. The molecule has 0 aliphatic carbocycles. The molecule has 0 saturated carbocycles. The number of carbonyl (C=O) groups excluding carboxylic acids is 1. The van der Waals surface area contributed by atoms with Gasteiger partial charge in [0.25, 0.3) is 11.5 Å². The lowest BCUT2D eigenvalue weighted by Gasteiger charge is -2.10. The Morgan fingerprint density at radius 3 is 2.65 bits per heavy atom. The van der Waals surface area contributed by atoms with Crippen molar-refractivity contribution in [2.24, 2.45) is 5.92 Å². The van der Waals surface area contributed by atoms with E-state index in [0.29, 0.717) is 38.8 Å². The molecule has 0 atom stereocenters. The predicted molar refractivity (Wildman–Crippen MR) is 132 cm³/mol. The Morgan fingerprint density at radius 2 is 1.91 bits per heavy atom. The van der Waals surface area contributed by atoms with Gasteiger partial charge in [-0.05, 0) is 42.3 Å². The van der Waals surface area contributed by atoms with Crippen LogP contribution in [0.25, 0.3) is 4.96 Å². The highest BCUT2D eigenvalue weighted by Crippen LogP contribution is 2.23. The van der Waals surface area contributed by atoms with E-state index in [0.717, 1.165) is 11.4 Å². The van der Waals surface area contributed by atoms with Crippen LogP contribution >= 0.6 is 22.9 Å². The number of nitrogens with one attached hydrogen (secondary N) is 1. The summed E-state index contributed by atoms with van der Waals surface area (Å²) in [5, 5.41) is 8.43. The summed E-state index contributed by atoms with van der Waals surface area (Å²) in [5.41, 5.74) is 0.894. The summed E-state index contributed by atoms with van der Waals surface area (Å²) in [7, 11) is 0. The Labute approximate surface area is 205 Å². The first-order valence-electron chi connectivity index (χ1n) is 10.7. The van der Waals surface area contributed by atoms with Gasteiger partial charge in [-0.15, -0.1) is 0 Å². The molecule has 176 valence electrons. The Kier molecular flexibility index (Phi) is 7.44. The van der Waals surface area contributed by atoms with Crippen LogP contribution < -0.4 is 20.3 Å². The number of amides is 1. The molecule has 0 radical (unpaired) electrons. The van der Waals surface area contributed by atoms with Crippen molar-refractivity contribution in [3.8, 4) is 11.5 Å². The summed E-state index contributed by atoms with van der Waals surface area (Å²) in [4.78, 5) is 29.6. The number of hydrogen-bond donors (Lipinski definition) is 1. The molecule has 0 saturated heterocycles. The molecule has 1 N–H and O–H groups in total. The highest BCUT2D eigenvalue weighted by molar-refractivity contribution is 7.16. The van der Waals surface area contributed by atoms with Gasteiger partial charge in [-0.2, -0.15) is 9.61 Å². The van der Waals surface area contributed by atoms with Crippen LogP contribution in [0.4, 0.5) is 5.69 Å². The van der Waals surface area contributed by atoms with Gasteiger partial charge in [0, 0.05) is 18.2 Å². The van der Waals surface area contributed by atoms with Crippen molar-refractivity contribution in [3.05, 3.63) is 80.7 Å². The van der Waals surface area contributed by atoms with Crippen molar-refractivity contribution in [1.82, 2.24) is 14.6 Å². The number of rotatable bonds is 9. The lowest BCUT2D eigenvalue weighted by Crippen LogP contribution is -2.20. The second kappa shape index (κ2) is 10.7. The SMILES string of the molecule is CC(C)Cc1nn2c(=O)cc(COc3ccc(NC(=O)COc4ccccc4Cl)cc3)nc2s1. The van der Waals surface area contributed by atoms with E-state index in [2.05, 4.69) is 29.2 Å². The number of halogens is 1. The number of nitrogens with zero attached hydrogens (tertiary/aromatic N) is 3. The number of ether oxygens (including phenoxy) is 2. The van der Waals surface area contributed by atoms with E-state index in [1.807, 2.05) is 0 Å². The molecule has 2 heterocycles. The minimum Gasteiger partial charge on any atom is -0.487 e. The largest absolute Gasteiger partial charge is 0.487 e. The minimum atomic E-state index is -0.312. The maximum Gasteiger partial charge on any atom is 0.275 e. The topological polar surface area (TPSA) is 94.8 Å². The van der Waals surface area contributed by atoms with E-state index in [4.69, 9.17) is 21.1 Å². The highest BCUT2D eigenvalue weighted by atomic mass is 35.5. The van der Waals surface area contributed by atoms with Gasteiger partial charge in [0.1, 0.15) is 23.1 Å². The van der Waals surface area contributed by atoms with Crippen LogP contribution in [0.5, 0.6) is 11.5 Å². The van der Waals surface area contributed by atoms with Gasteiger partial charge in [0.05, 0.1) is 10.7 Å². The maximum atomic E-state index is 12.4. The van der Waals surface area contributed by atoms with Gasteiger partial charge < -0.3 is 14.8 Å². The third-order valence-electron chi connectivity index (χ3n) is 4.64. The molecule has 4 aromatic rings. The van der Waals surface area contributed by atoms with E-state index < -0.39 is 0 Å². The van der Waals surface area contributed by atoms with E-state index in [9.17, 15) is 9.59 Å². The van der Waals surface area contributed by atoms with Crippen LogP contribution in [-0.4, -0.2) is 27.1 Å². The first-order valence-corrected chi connectivity index (χ1v) is 11.9. The van der Waals surface area contributed by atoms with Gasteiger partial charge in [0.15, 0.2) is 6.61 Å². The average molecular weight is 499 g/mol. The van der Waals surface area contributed by atoms with Crippen LogP contribution in [0, 0.1) is 5.92 Å². The molecule has 8 nitrogen and oxygen atoms in total. The molecule has 4 rings (SSSR count). The summed E-state index contributed by atoms with van der Waals surface area (Å²) < 4.78 is 12.5. The molecular weight excluding hydrogens is 476 g/mol. The van der Waals surface area contributed by atoms with Crippen molar-refractivity contribution < 1.29 is 14.3 Å². The van der Waals surface area contributed by atoms with Crippen LogP contribution in [0.3, 0.4) is 0 Å². The van der Waals surface area contributed by atoms with E-state index in [1.54, 1.807) is 48.5 Å². The number of anilines is 1. The molecule has 2 aromatic carbocycles. The first kappa shape index (κ1) is 23.7. The number of para-hydroxylation sites is 1. The Morgan fingerprint density at radius 1 is 1.15 bits per heavy atom. The molecule has 0 spiro atoms. The summed E-state index contributed by atoms with van der Waals surface area (Å²) in [6.45, 7) is 4.18. The second-order valence-electron chi connectivity index (χ2n) is 7.95. The van der Waals surface area contributed by atoms with Crippen molar-refractivity contribution >= 4 is 39.5 Å². The van der Waals surface area contributed by atoms with Gasteiger partial charge in [-0.1, -0.05) is 48.9 Å². The van der Waals surface area contributed by atoms with Crippen LogP contribution in [0.15, 0.2) is 59.4 Å². The maximum absolute atomic E-state index is 12.4. The summed E-state index contributed by atoms with van der Waals surface area (Å²) in [6.07, 6.45) is 0.800. The summed E-state index contributed by atoms with van der Waals surface area (Å²) in [5.74, 6) is 1.16. The predicted octanol–water partition coefficient (Wildman–Crippen LogP) is 4.60. The van der Waals surface area contributed by atoms with Crippen molar-refractivity contribution in [1.29, 1.82) is 0 Å².